The molecule has 4 rings (SSSR count). The van der Waals surface area contributed by atoms with Crippen molar-refractivity contribution in [2.24, 2.45) is 0 Å². The fraction of sp³-hybridized carbons (Fsp3) is 0.100. The molecule has 0 atom stereocenters. The maximum atomic E-state index is 13.3. The molecule has 4 aromatic rings. The van der Waals surface area contributed by atoms with Crippen molar-refractivity contribution >= 4 is 33.1 Å². The number of hydrogen-bond donors (Lipinski definition) is 1. The van der Waals surface area contributed by atoms with Crippen LogP contribution in [0.4, 0.5) is 24.7 Å². The highest BCUT2D eigenvalue weighted by Crippen LogP contribution is 2.42. The van der Waals surface area contributed by atoms with E-state index in [9.17, 15) is 13.2 Å². The summed E-state index contributed by atoms with van der Waals surface area (Å²) in [5, 5.41) is 3.61. The largest absolute Gasteiger partial charge is 0.418 e. The van der Waals surface area contributed by atoms with Crippen LogP contribution in [-0.4, -0.2) is 9.97 Å². The Labute approximate surface area is 157 Å². The minimum atomic E-state index is -4.46. The van der Waals surface area contributed by atoms with Crippen LogP contribution in [0.5, 0.6) is 0 Å². The summed E-state index contributed by atoms with van der Waals surface area (Å²) < 4.78 is 40.0. The van der Waals surface area contributed by atoms with Crippen molar-refractivity contribution in [2.45, 2.75) is 13.1 Å². The third-order valence-electron chi connectivity index (χ3n) is 4.21. The number of anilines is 2. The Hall–Kier alpha value is -2.93. The van der Waals surface area contributed by atoms with Crippen molar-refractivity contribution in [2.75, 3.05) is 5.32 Å². The number of rotatable bonds is 3. The van der Waals surface area contributed by atoms with Gasteiger partial charge in [0.2, 0.25) is 0 Å². The highest BCUT2D eigenvalue weighted by Gasteiger charge is 2.33. The van der Waals surface area contributed by atoms with Crippen LogP contribution in [0, 0.1) is 6.92 Å². The number of nitrogens with one attached hydrogen (secondary N) is 1. The van der Waals surface area contributed by atoms with Crippen LogP contribution in [0.3, 0.4) is 0 Å². The summed E-state index contributed by atoms with van der Waals surface area (Å²) in [4.78, 5) is 10.3. The second-order valence-electron chi connectivity index (χ2n) is 5.97. The second kappa shape index (κ2) is 6.66. The molecule has 2 aromatic heterocycles. The van der Waals surface area contributed by atoms with Gasteiger partial charge in [-0.3, -0.25) is 0 Å². The second-order valence-corrected chi connectivity index (χ2v) is 7.17. The van der Waals surface area contributed by atoms with Crippen molar-refractivity contribution < 1.29 is 13.2 Å². The molecular weight excluding hydrogens is 371 g/mol. The summed E-state index contributed by atoms with van der Waals surface area (Å²) in [6.45, 7) is 1.97. The number of nitrogens with zero attached hydrogens (tertiary/aromatic N) is 2. The van der Waals surface area contributed by atoms with Crippen LogP contribution in [0.25, 0.3) is 21.3 Å². The maximum Gasteiger partial charge on any atom is 0.418 e. The van der Waals surface area contributed by atoms with E-state index in [1.54, 1.807) is 6.07 Å². The lowest BCUT2D eigenvalue weighted by Gasteiger charge is -2.15. The molecule has 7 heteroatoms. The molecule has 27 heavy (non-hydrogen) atoms. The number of hydrogen-bond acceptors (Lipinski definition) is 4. The molecule has 0 unspecified atom stereocenters. The fourth-order valence-corrected chi connectivity index (χ4v) is 4.07. The van der Waals surface area contributed by atoms with Crippen LogP contribution in [-0.2, 0) is 6.18 Å². The zero-order valence-corrected chi connectivity index (χ0v) is 15.0. The molecule has 0 amide bonds. The number of thiophene rings is 1. The van der Waals surface area contributed by atoms with Gasteiger partial charge in [-0.2, -0.15) is 13.2 Å². The van der Waals surface area contributed by atoms with E-state index >= 15 is 0 Å². The van der Waals surface area contributed by atoms with E-state index in [2.05, 4.69) is 15.3 Å². The lowest BCUT2D eigenvalue weighted by molar-refractivity contribution is -0.136. The highest BCUT2D eigenvalue weighted by atomic mass is 32.1. The molecule has 0 spiro atoms. The van der Waals surface area contributed by atoms with E-state index in [4.69, 9.17) is 0 Å². The number of para-hydroxylation sites is 1. The van der Waals surface area contributed by atoms with Gasteiger partial charge in [0.25, 0.3) is 0 Å². The summed E-state index contributed by atoms with van der Waals surface area (Å²) >= 11 is 1.49. The van der Waals surface area contributed by atoms with Gasteiger partial charge in [0, 0.05) is 10.4 Å². The molecule has 0 fully saturated rings. The first-order chi connectivity index (χ1) is 12.9. The predicted octanol–water partition coefficient (Wildman–Crippen LogP) is 6.43. The topological polar surface area (TPSA) is 37.8 Å². The molecule has 2 heterocycles. The Bertz CT molecular complexity index is 1100. The van der Waals surface area contributed by atoms with Gasteiger partial charge in [-0.1, -0.05) is 42.5 Å². The third-order valence-corrected chi connectivity index (χ3v) is 5.23. The van der Waals surface area contributed by atoms with E-state index in [-0.39, 0.29) is 5.69 Å². The lowest BCUT2D eigenvalue weighted by Crippen LogP contribution is -2.09. The molecule has 1 N–H and O–H groups in total. The molecule has 0 radical (unpaired) electrons. The summed E-state index contributed by atoms with van der Waals surface area (Å²) in [5.41, 5.74) is 1.14. The van der Waals surface area contributed by atoms with Crippen LogP contribution >= 0.6 is 11.3 Å². The summed E-state index contributed by atoms with van der Waals surface area (Å²) in [5.74, 6) is 0.361. The first-order valence-corrected chi connectivity index (χ1v) is 8.99. The minimum Gasteiger partial charge on any atom is -0.339 e. The minimum absolute atomic E-state index is 0.0344. The Balaban J connectivity index is 1.90. The Morgan fingerprint density at radius 3 is 2.37 bits per heavy atom. The number of aryl methyl sites for hydroxylation is 1. The number of halogens is 3. The number of benzene rings is 2. The predicted molar refractivity (Wildman–Crippen MR) is 102 cm³/mol. The summed E-state index contributed by atoms with van der Waals surface area (Å²) in [7, 11) is 0. The molecular formula is C20H14F3N3S. The Morgan fingerprint density at radius 1 is 0.926 bits per heavy atom. The van der Waals surface area contributed by atoms with Gasteiger partial charge in [-0.25, -0.2) is 9.97 Å². The van der Waals surface area contributed by atoms with E-state index in [1.165, 1.54) is 29.8 Å². The van der Waals surface area contributed by atoms with Crippen LogP contribution in [0.15, 0.2) is 60.9 Å². The van der Waals surface area contributed by atoms with Crippen LogP contribution in [0.1, 0.15) is 10.4 Å². The summed E-state index contributed by atoms with van der Waals surface area (Å²) in [6, 6.07) is 15.1. The number of aromatic nitrogens is 2. The normalized spacial score (nSPS) is 11.7. The monoisotopic (exact) mass is 385 g/mol. The van der Waals surface area contributed by atoms with E-state index in [0.717, 1.165) is 32.3 Å². The van der Waals surface area contributed by atoms with Gasteiger partial charge in [-0.05, 0) is 24.6 Å². The maximum absolute atomic E-state index is 13.3. The zero-order chi connectivity index (χ0) is 19.0. The van der Waals surface area contributed by atoms with Crippen molar-refractivity contribution in [3.8, 4) is 11.1 Å². The standard InChI is InChI=1S/C20H14F3N3S/c1-12-16(13-7-3-2-4-8-13)17-18(24-11-25-19(17)27-12)26-15-10-6-5-9-14(15)20(21,22)23/h2-11H,1H3,(H,24,25,26). The molecule has 0 bridgehead atoms. The average molecular weight is 385 g/mol. The molecule has 0 aliphatic rings. The zero-order valence-electron chi connectivity index (χ0n) is 14.2. The van der Waals surface area contributed by atoms with Gasteiger partial charge in [0.15, 0.2) is 0 Å². The van der Waals surface area contributed by atoms with Crippen molar-refractivity contribution in [1.82, 2.24) is 9.97 Å². The lowest BCUT2D eigenvalue weighted by atomic mass is 10.0. The molecule has 0 saturated heterocycles. The fourth-order valence-electron chi connectivity index (χ4n) is 3.06. The average Bonchev–Trinajstić information content (AvgIpc) is 2.99. The van der Waals surface area contributed by atoms with Gasteiger partial charge >= 0.3 is 6.18 Å². The first-order valence-electron chi connectivity index (χ1n) is 8.18. The summed E-state index contributed by atoms with van der Waals surface area (Å²) in [6.07, 6.45) is -3.09. The van der Waals surface area contributed by atoms with Crippen molar-refractivity contribution in [1.29, 1.82) is 0 Å². The first kappa shape index (κ1) is 17.5. The highest BCUT2D eigenvalue weighted by molar-refractivity contribution is 7.19. The molecule has 0 aliphatic carbocycles. The van der Waals surface area contributed by atoms with Crippen LogP contribution in [0.2, 0.25) is 0 Å². The Morgan fingerprint density at radius 2 is 1.63 bits per heavy atom. The molecule has 136 valence electrons. The number of alkyl halides is 3. The van der Waals surface area contributed by atoms with Gasteiger partial charge in [0.05, 0.1) is 16.6 Å². The van der Waals surface area contributed by atoms with Crippen LogP contribution < -0.4 is 5.32 Å². The van der Waals surface area contributed by atoms with E-state index < -0.39 is 11.7 Å². The molecule has 2 aromatic carbocycles. The van der Waals surface area contributed by atoms with Gasteiger partial charge < -0.3 is 5.32 Å². The third kappa shape index (κ3) is 3.26. The number of fused-ring (bicyclic) bond motifs is 1. The SMILES string of the molecule is Cc1sc2ncnc(Nc3ccccc3C(F)(F)F)c2c1-c1ccccc1. The van der Waals surface area contributed by atoms with E-state index in [1.807, 2.05) is 37.3 Å². The van der Waals surface area contributed by atoms with E-state index in [0.29, 0.717) is 5.82 Å². The molecule has 3 nitrogen and oxygen atoms in total. The Kier molecular flexibility index (Phi) is 4.31. The van der Waals surface area contributed by atoms with Crippen molar-refractivity contribution in [3.05, 3.63) is 71.4 Å². The van der Waals surface area contributed by atoms with Gasteiger partial charge in [0.1, 0.15) is 17.0 Å². The van der Waals surface area contributed by atoms with Gasteiger partial charge in [-0.15, -0.1) is 11.3 Å². The quantitative estimate of drug-likeness (QED) is 0.442. The van der Waals surface area contributed by atoms with Crippen molar-refractivity contribution in [3.63, 3.8) is 0 Å². The molecule has 0 saturated carbocycles. The smallest absolute Gasteiger partial charge is 0.339 e. The molecule has 0 aliphatic heterocycles.